The van der Waals surface area contributed by atoms with E-state index in [1.807, 2.05) is 0 Å². The molecular weight excluding hydrogens is 106 g/mol. The topological polar surface area (TPSA) is 32.7 Å². The fraction of sp³-hybridized carbons (Fsp3) is 1.00. The molecule has 0 aliphatic carbocycles. The monoisotopic (exact) mass is 117 g/mol. The van der Waals surface area contributed by atoms with Gasteiger partial charge in [0.2, 0.25) is 0 Å². The molecule has 0 bridgehead atoms. The fourth-order valence-corrected chi connectivity index (χ4v) is 0.947. The van der Waals surface area contributed by atoms with Gasteiger partial charge >= 0.3 is 0 Å². The molecule has 1 aliphatic rings. The first-order valence-corrected chi connectivity index (χ1v) is 3.00. The van der Waals surface area contributed by atoms with E-state index >= 15 is 0 Å². The maximum absolute atomic E-state index is 8.12. The number of hydrogen-bond acceptors (Lipinski definition) is 3. The highest BCUT2D eigenvalue weighted by molar-refractivity contribution is 4.54. The number of nitrogens with zero attached hydrogens (tertiary/aromatic N) is 1. The first-order valence-electron chi connectivity index (χ1n) is 3.00. The van der Waals surface area contributed by atoms with Gasteiger partial charge in [0, 0.05) is 13.1 Å². The third-order valence-electron chi connectivity index (χ3n) is 1.43. The molecule has 1 fully saturated rings. The van der Waals surface area contributed by atoms with Gasteiger partial charge in [-0.05, 0) is 12.8 Å². The van der Waals surface area contributed by atoms with Gasteiger partial charge in [-0.3, -0.25) is 0 Å². The Balaban J connectivity index is 2.13. The third kappa shape index (κ3) is 1.43. The van der Waals surface area contributed by atoms with Gasteiger partial charge in [0.1, 0.15) is 0 Å². The summed E-state index contributed by atoms with van der Waals surface area (Å²) in [6.07, 6.45) is 3.54. The summed E-state index contributed by atoms with van der Waals surface area (Å²) in [6.45, 7) is 1.74. The van der Waals surface area contributed by atoms with Gasteiger partial charge in [0.15, 0.2) is 0 Å². The summed E-state index contributed by atoms with van der Waals surface area (Å²) < 4.78 is 0. The lowest BCUT2D eigenvalue weighted by molar-refractivity contribution is -0.399. The highest BCUT2D eigenvalue weighted by Crippen LogP contribution is 2.06. The zero-order valence-corrected chi connectivity index (χ0v) is 4.84. The van der Waals surface area contributed by atoms with Crippen LogP contribution in [-0.2, 0) is 4.99 Å². The molecule has 1 saturated heterocycles. The van der Waals surface area contributed by atoms with Crippen molar-refractivity contribution >= 4 is 0 Å². The first kappa shape index (κ1) is 6.01. The number of hydrogen-bond donors (Lipinski definition) is 1. The van der Waals surface area contributed by atoms with E-state index in [0.29, 0.717) is 0 Å². The van der Waals surface area contributed by atoms with E-state index in [1.54, 1.807) is 5.06 Å². The van der Waals surface area contributed by atoms with Crippen LogP contribution in [0.25, 0.3) is 0 Å². The average Bonchev–Trinajstić information content (AvgIpc) is 1.90. The van der Waals surface area contributed by atoms with E-state index in [2.05, 4.69) is 4.99 Å². The number of piperidine rings is 1. The van der Waals surface area contributed by atoms with E-state index in [4.69, 9.17) is 5.26 Å². The van der Waals surface area contributed by atoms with Crippen molar-refractivity contribution in [3.63, 3.8) is 0 Å². The Kier molecular flexibility index (Phi) is 2.27. The Labute approximate surface area is 48.7 Å². The molecule has 3 nitrogen and oxygen atoms in total. The molecule has 0 aromatic carbocycles. The standard InChI is InChI=1S/C5H11NO2/c7-8-6-4-2-1-3-5-6/h7H,1-5H2. The van der Waals surface area contributed by atoms with Crippen molar-refractivity contribution in [3.8, 4) is 0 Å². The lowest BCUT2D eigenvalue weighted by Crippen LogP contribution is -2.28. The maximum atomic E-state index is 8.12. The van der Waals surface area contributed by atoms with Crippen LogP contribution in [0.1, 0.15) is 19.3 Å². The number of rotatable bonds is 1. The Morgan fingerprint density at radius 2 is 1.75 bits per heavy atom. The Morgan fingerprint density at radius 3 is 2.12 bits per heavy atom. The van der Waals surface area contributed by atoms with Gasteiger partial charge in [0.25, 0.3) is 0 Å². The summed E-state index contributed by atoms with van der Waals surface area (Å²) in [5.41, 5.74) is 0. The van der Waals surface area contributed by atoms with Crippen LogP contribution in [0.3, 0.4) is 0 Å². The predicted molar refractivity (Wildman–Crippen MR) is 29.1 cm³/mol. The minimum atomic E-state index is 0.872. The number of hydroxylamine groups is 2. The minimum Gasteiger partial charge on any atom is -0.233 e. The highest BCUT2D eigenvalue weighted by Gasteiger charge is 2.08. The van der Waals surface area contributed by atoms with E-state index in [0.717, 1.165) is 25.9 Å². The second kappa shape index (κ2) is 3.02. The third-order valence-corrected chi connectivity index (χ3v) is 1.43. The first-order chi connectivity index (χ1) is 3.93. The molecule has 48 valence electrons. The summed E-state index contributed by atoms with van der Waals surface area (Å²) in [5, 5.41) is 9.69. The summed E-state index contributed by atoms with van der Waals surface area (Å²) >= 11 is 0. The average molecular weight is 117 g/mol. The van der Waals surface area contributed by atoms with Crippen LogP contribution >= 0.6 is 0 Å². The molecule has 0 aromatic heterocycles. The summed E-state index contributed by atoms with van der Waals surface area (Å²) in [5.74, 6) is 0. The zero-order valence-electron chi connectivity index (χ0n) is 4.84. The van der Waals surface area contributed by atoms with Crippen molar-refractivity contribution in [1.29, 1.82) is 0 Å². The molecule has 0 atom stereocenters. The molecule has 1 aliphatic heterocycles. The molecule has 0 radical (unpaired) electrons. The molecule has 3 heteroatoms. The van der Waals surface area contributed by atoms with E-state index in [9.17, 15) is 0 Å². The fourth-order valence-electron chi connectivity index (χ4n) is 0.947. The van der Waals surface area contributed by atoms with Crippen LogP contribution in [-0.4, -0.2) is 23.4 Å². The van der Waals surface area contributed by atoms with Crippen molar-refractivity contribution in [2.45, 2.75) is 19.3 Å². The Bertz CT molecular complexity index is 61.4. The van der Waals surface area contributed by atoms with Crippen LogP contribution in [0.5, 0.6) is 0 Å². The van der Waals surface area contributed by atoms with Crippen LogP contribution < -0.4 is 0 Å². The minimum absolute atomic E-state index is 0.872. The molecule has 0 spiro atoms. The van der Waals surface area contributed by atoms with Crippen LogP contribution in [0.15, 0.2) is 0 Å². The highest BCUT2D eigenvalue weighted by atomic mass is 17.2. The summed E-state index contributed by atoms with van der Waals surface area (Å²) in [4.78, 5) is 4.02. The summed E-state index contributed by atoms with van der Waals surface area (Å²) in [7, 11) is 0. The molecule has 0 aromatic rings. The van der Waals surface area contributed by atoms with E-state index in [-0.39, 0.29) is 0 Å². The Morgan fingerprint density at radius 1 is 1.12 bits per heavy atom. The van der Waals surface area contributed by atoms with E-state index in [1.165, 1.54) is 6.42 Å². The van der Waals surface area contributed by atoms with Crippen LogP contribution in [0.4, 0.5) is 0 Å². The van der Waals surface area contributed by atoms with Gasteiger partial charge in [-0.2, -0.15) is 5.06 Å². The van der Waals surface area contributed by atoms with Gasteiger partial charge in [-0.25, -0.2) is 5.26 Å². The van der Waals surface area contributed by atoms with E-state index < -0.39 is 0 Å². The van der Waals surface area contributed by atoms with Gasteiger partial charge in [0.05, 0.1) is 0 Å². The SMILES string of the molecule is OON1CCCCC1. The van der Waals surface area contributed by atoms with Crippen molar-refractivity contribution < 1.29 is 10.2 Å². The second-order valence-electron chi connectivity index (χ2n) is 2.07. The second-order valence-corrected chi connectivity index (χ2v) is 2.07. The predicted octanol–water partition coefficient (Wildman–Crippen LogP) is 0.877. The van der Waals surface area contributed by atoms with Crippen LogP contribution in [0, 0.1) is 0 Å². The van der Waals surface area contributed by atoms with Crippen molar-refractivity contribution in [3.05, 3.63) is 0 Å². The van der Waals surface area contributed by atoms with Crippen LogP contribution in [0.2, 0.25) is 0 Å². The molecule has 8 heavy (non-hydrogen) atoms. The van der Waals surface area contributed by atoms with Crippen molar-refractivity contribution in [1.82, 2.24) is 5.06 Å². The molecule has 0 unspecified atom stereocenters. The maximum Gasteiger partial charge on any atom is 0.0270 e. The Hall–Kier alpha value is -0.120. The molecule has 1 heterocycles. The molecule has 1 N–H and O–H groups in total. The lowest BCUT2D eigenvalue weighted by atomic mass is 10.2. The molecule has 0 saturated carbocycles. The normalized spacial score (nSPS) is 23.6. The zero-order chi connectivity index (χ0) is 5.82. The molecule has 0 amide bonds. The van der Waals surface area contributed by atoms with Crippen molar-refractivity contribution in [2.24, 2.45) is 0 Å². The smallest absolute Gasteiger partial charge is 0.0270 e. The van der Waals surface area contributed by atoms with Crippen molar-refractivity contribution in [2.75, 3.05) is 13.1 Å². The van der Waals surface area contributed by atoms with Gasteiger partial charge in [-0.1, -0.05) is 6.42 Å². The van der Waals surface area contributed by atoms with Gasteiger partial charge < -0.3 is 0 Å². The largest absolute Gasteiger partial charge is 0.233 e. The molecular formula is C5H11NO2. The lowest BCUT2D eigenvalue weighted by Gasteiger charge is -2.20. The summed E-state index contributed by atoms with van der Waals surface area (Å²) in [6, 6.07) is 0. The van der Waals surface area contributed by atoms with Gasteiger partial charge in [-0.15, -0.1) is 4.99 Å². The quantitative estimate of drug-likeness (QED) is 0.408. The molecule has 1 rings (SSSR count).